The van der Waals surface area contributed by atoms with E-state index in [-0.39, 0.29) is 17.9 Å². The van der Waals surface area contributed by atoms with Crippen LogP contribution in [0, 0.1) is 6.92 Å². The monoisotopic (exact) mass is 434 g/mol. The van der Waals surface area contributed by atoms with Gasteiger partial charge in [0.25, 0.3) is 11.8 Å². The lowest BCUT2D eigenvalue weighted by Crippen LogP contribution is -2.39. The van der Waals surface area contributed by atoms with E-state index in [2.05, 4.69) is 20.4 Å². The predicted octanol–water partition coefficient (Wildman–Crippen LogP) is 3.15. The Labute approximate surface area is 186 Å². The van der Waals surface area contributed by atoms with Crippen molar-refractivity contribution in [2.75, 3.05) is 19.0 Å². The molecule has 3 heterocycles. The second-order valence-electron chi connectivity index (χ2n) is 7.79. The summed E-state index contributed by atoms with van der Waals surface area (Å²) in [4.78, 5) is 36.8. The Hall–Kier alpha value is -3.75. The Bertz CT molecular complexity index is 1140. The lowest BCUT2D eigenvalue weighted by Gasteiger charge is -2.34. The lowest BCUT2D eigenvalue weighted by molar-refractivity contribution is 0.0599. The zero-order chi connectivity index (χ0) is 22.7. The average Bonchev–Trinajstić information content (AvgIpc) is 3.25. The molecular formula is C23H26N6O3. The van der Waals surface area contributed by atoms with Crippen molar-refractivity contribution >= 4 is 17.5 Å². The third kappa shape index (κ3) is 4.32. The first kappa shape index (κ1) is 21.5. The van der Waals surface area contributed by atoms with Gasteiger partial charge in [0, 0.05) is 26.0 Å². The first-order valence-corrected chi connectivity index (χ1v) is 10.6. The highest BCUT2D eigenvalue weighted by Crippen LogP contribution is 2.31. The number of carbonyl (C=O) groups is 2. The second kappa shape index (κ2) is 9.17. The van der Waals surface area contributed by atoms with Crippen LogP contribution in [0.2, 0.25) is 0 Å². The standard InChI is InChI=1S/C23H26N6O3/c1-15-17(22(30)27-18-8-4-5-10-20(18)32-3)13-24-21(26-15)19-9-6-7-11-29(19)23(31)16-12-25-28(2)14-16/h4-5,8,10,12-14,19H,6-7,9,11H2,1-3H3,(H,27,30)/t19-/m1/s1. The van der Waals surface area contributed by atoms with Gasteiger partial charge in [0.15, 0.2) is 5.82 Å². The largest absolute Gasteiger partial charge is 0.495 e. The minimum Gasteiger partial charge on any atom is -0.495 e. The molecule has 2 amide bonds. The van der Waals surface area contributed by atoms with E-state index in [9.17, 15) is 9.59 Å². The normalized spacial score (nSPS) is 16.0. The van der Waals surface area contributed by atoms with Crippen LogP contribution in [0.3, 0.4) is 0 Å². The van der Waals surface area contributed by atoms with Crippen LogP contribution in [-0.2, 0) is 7.05 Å². The van der Waals surface area contributed by atoms with Gasteiger partial charge in [0.05, 0.1) is 41.9 Å². The average molecular weight is 435 g/mol. The number of nitrogens with one attached hydrogen (secondary N) is 1. The van der Waals surface area contributed by atoms with Crippen molar-refractivity contribution in [3.63, 3.8) is 0 Å². The van der Waals surface area contributed by atoms with E-state index in [1.807, 2.05) is 17.0 Å². The minimum absolute atomic E-state index is 0.0814. The number of hydrogen-bond acceptors (Lipinski definition) is 6. The number of likely N-dealkylation sites (tertiary alicyclic amines) is 1. The summed E-state index contributed by atoms with van der Waals surface area (Å²) < 4.78 is 6.91. The predicted molar refractivity (Wildman–Crippen MR) is 119 cm³/mol. The van der Waals surface area contributed by atoms with Crippen LogP contribution in [0.4, 0.5) is 5.69 Å². The number of aryl methyl sites for hydroxylation is 2. The van der Waals surface area contributed by atoms with Gasteiger partial charge < -0.3 is 15.0 Å². The van der Waals surface area contributed by atoms with Gasteiger partial charge in [0.2, 0.25) is 0 Å². The summed E-state index contributed by atoms with van der Waals surface area (Å²) in [5.74, 6) is 0.726. The van der Waals surface area contributed by atoms with E-state index in [0.717, 1.165) is 19.3 Å². The summed E-state index contributed by atoms with van der Waals surface area (Å²) >= 11 is 0. The molecule has 166 valence electrons. The number of anilines is 1. The molecular weight excluding hydrogens is 408 g/mol. The zero-order valence-corrected chi connectivity index (χ0v) is 18.4. The van der Waals surface area contributed by atoms with Crippen molar-refractivity contribution < 1.29 is 14.3 Å². The second-order valence-corrected chi connectivity index (χ2v) is 7.79. The van der Waals surface area contributed by atoms with Crippen molar-refractivity contribution in [1.82, 2.24) is 24.6 Å². The molecule has 9 heteroatoms. The van der Waals surface area contributed by atoms with Crippen LogP contribution < -0.4 is 10.1 Å². The molecule has 0 aliphatic carbocycles. The first-order chi connectivity index (χ1) is 15.5. The number of nitrogens with zero attached hydrogens (tertiary/aromatic N) is 5. The maximum Gasteiger partial charge on any atom is 0.259 e. The van der Waals surface area contributed by atoms with Crippen molar-refractivity contribution in [3.8, 4) is 5.75 Å². The molecule has 1 atom stereocenters. The van der Waals surface area contributed by atoms with E-state index in [4.69, 9.17) is 4.74 Å². The van der Waals surface area contributed by atoms with Crippen molar-refractivity contribution in [2.45, 2.75) is 32.2 Å². The number of para-hydroxylation sites is 2. The van der Waals surface area contributed by atoms with Crippen molar-refractivity contribution in [3.05, 3.63) is 65.5 Å². The number of aromatic nitrogens is 4. The quantitative estimate of drug-likeness (QED) is 0.662. The lowest BCUT2D eigenvalue weighted by atomic mass is 10.00. The number of rotatable bonds is 5. The molecule has 0 spiro atoms. The topological polar surface area (TPSA) is 102 Å². The van der Waals surface area contributed by atoms with Gasteiger partial charge in [-0.1, -0.05) is 12.1 Å². The highest BCUT2D eigenvalue weighted by molar-refractivity contribution is 6.05. The van der Waals surface area contributed by atoms with E-state index >= 15 is 0 Å². The van der Waals surface area contributed by atoms with Crippen LogP contribution in [0.5, 0.6) is 5.75 Å². The van der Waals surface area contributed by atoms with Gasteiger partial charge in [-0.05, 0) is 38.3 Å². The molecule has 1 saturated heterocycles. The number of methoxy groups -OCH3 is 1. The van der Waals surface area contributed by atoms with Crippen molar-refractivity contribution in [1.29, 1.82) is 0 Å². The van der Waals surface area contributed by atoms with E-state index in [1.165, 1.54) is 6.20 Å². The third-order valence-corrected chi connectivity index (χ3v) is 5.61. The molecule has 32 heavy (non-hydrogen) atoms. The molecule has 0 radical (unpaired) electrons. The summed E-state index contributed by atoms with van der Waals surface area (Å²) in [6.07, 6.45) is 7.51. The summed E-state index contributed by atoms with van der Waals surface area (Å²) in [6.45, 7) is 2.41. The molecule has 0 bridgehead atoms. The Morgan fingerprint density at radius 2 is 2.00 bits per heavy atom. The zero-order valence-electron chi connectivity index (χ0n) is 18.4. The maximum atomic E-state index is 13.1. The van der Waals surface area contributed by atoms with Gasteiger partial charge in [-0.15, -0.1) is 0 Å². The number of benzene rings is 1. The molecule has 9 nitrogen and oxygen atoms in total. The fraction of sp³-hybridized carbons (Fsp3) is 0.348. The summed E-state index contributed by atoms with van der Waals surface area (Å²) in [5.41, 5.74) is 2.05. The minimum atomic E-state index is -0.314. The van der Waals surface area contributed by atoms with Crippen LogP contribution in [0.25, 0.3) is 0 Å². The van der Waals surface area contributed by atoms with Crippen LogP contribution >= 0.6 is 0 Å². The molecule has 0 saturated carbocycles. The number of hydrogen-bond donors (Lipinski definition) is 1. The third-order valence-electron chi connectivity index (χ3n) is 5.61. The molecule has 1 fully saturated rings. The SMILES string of the molecule is COc1ccccc1NC(=O)c1cnc([C@H]2CCCCN2C(=O)c2cnn(C)c2)nc1C. The Balaban J connectivity index is 1.56. The van der Waals surface area contributed by atoms with Gasteiger partial charge in [-0.25, -0.2) is 9.97 Å². The summed E-state index contributed by atoms with van der Waals surface area (Å²) in [6, 6.07) is 6.97. The number of ether oxygens (including phenoxy) is 1. The van der Waals surface area contributed by atoms with Gasteiger partial charge >= 0.3 is 0 Å². The van der Waals surface area contributed by atoms with Gasteiger partial charge in [0.1, 0.15) is 5.75 Å². The molecule has 4 rings (SSSR count). The summed E-state index contributed by atoms with van der Waals surface area (Å²) in [5, 5.41) is 6.96. The molecule has 2 aromatic heterocycles. The first-order valence-electron chi connectivity index (χ1n) is 10.6. The Morgan fingerprint density at radius 3 is 2.72 bits per heavy atom. The van der Waals surface area contributed by atoms with Crippen LogP contribution in [-0.4, -0.2) is 50.1 Å². The Kier molecular flexibility index (Phi) is 6.16. The van der Waals surface area contributed by atoms with Gasteiger partial charge in [-0.3, -0.25) is 14.3 Å². The Morgan fingerprint density at radius 1 is 1.19 bits per heavy atom. The fourth-order valence-electron chi connectivity index (χ4n) is 3.95. The van der Waals surface area contributed by atoms with E-state index < -0.39 is 0 Å². The fourth-order valence-corrected chi connectivity index (χ4v) is 3.95. The van der Waals surface area contributed by atoms with Crippen molar-refractivity contribution in [2.24, 2.45) is 7.05 Å². The number of carbonyl (C=O) groups excluding carboxylic acids is 2. The smallest absolute Gasteiger partial charge is 0.259 e. The van der Waals surface area contributed by atoms with Crippen LogP contribution in [0.15, 0.2) is 42.9 Å². The molecule has 1 aromatic carbocycles. The molecule has 0 unspecified atom stereocenters. The maximum absolute atomic E-state index is 13.1. The van der Waals surface area contributed by atoms with Crippen LogP contribution in [0.1, 0.15) is 57.5 Å². The molecule has 1 aliphatic heterocycles. The summed E-state index contributed by atoms with van der Waals surface area (Å²) in [7, 11) is 3.34. The number of piperidine rings is 1. The highest BCUT2D eigenvalue weighted by Gasteiger charge is 2.31. The van der Waals surface area contributed by atoms with Gasteiger partial charge in [-0.2, -0.15) is 5.10 Å². The molecule has 1 aliphatic rings. The van der Waals surface area contributed by atoms with E-state index in [0.29, 0.717) is 40.6 Å². The highest BCUT2D eigenvalue weighted by atomic mass is 16.5. The van der Waals surface area contributed by atoms with E-state index in [1.54, 1.807) is 50.3 Å². The molecule has 1 N–H and O–H groups in total. The number of amides is 2. The molecule has 3 aromatic rings.